The number of aryl methyl sites for hydroxylation is 3. The number of hydrogen-bond donors (Lipinski definition) is 0. The Hall–Kier alpha value is -4.68. The van der Waals surface area contributed by atoms with Gasteiger partial charge in [0.1, 0.15) is 5.58 Å². The molecule has 7 heteroatoms. The molecule has 4 aromatic heterocycles. The summed E-state index contributed by atoms with van der Waals surface area (Å²) < 4.78 is 8.77. The molecule has 241 valence electrons. The Morgan fingerprint density at radius 3 is 2.21 bits per heavy atom. The van der Waals surface area contributed by atoms with E-state index in [0.717, 1.165) is 78.3 Å². The summed E-state index contributed by atoms with van der Waals surface area (Å²) in [6.07, 6.45) is 1.79. The number of fused-ring (bicyclic) bond motifs is 4. The van der Waals surface area contributed by atoms with Crippen molar-refractivity contribution in [2.45, 2.75) is 40.4 Å². The van der Waals surface area contributed by atoms with Gasteiger partial charge in [0.25, 0.3) is 0 Å². The van der Waals surface area contributed by atoms with Crippen molar-refractivity contribution in [1.29, 1.82) is 0 Å². The van der Waals surface area contributed by atoms with E-state index in [2.05, 4.69) is 104 Å². The summed E-state index contributed by atoms with van der Waals surface area (Å²) in [5.74, 6) is 0.819. The predicted molar refractivity (Wildman–Crippen MR) is 196 cm³/mol. The minimum Gasteiger partial charge on any atom is -0.501 e. The first-order valence-electron chi connectivity index (χ1n) is 15.9. The Balaban J connectivity index is 0.000000260. The Kier molecular flexibility index (Phi) is 9.30. The standard InChI is InChI=1S/C30H28N3OSi.C11H8N.Ir/c1-18-19(2)31-20(3)28-27(18)32-30(33(28)21-11-8-7-9-12-21)25-14-10-13-24-23-16-15-22(35(4,5)6)17-26(23)34-29(24)25;1-2-6-10(7-3-1)11-8-4-5-9-12-11;/h7-13,15-17H,1-6H3;1-6,8-9H;/q2*-1;. The van der Waals surface area contributed by atoms with Crippen LogP contribution in [0.2, 0.25) is 19.6 Å². The molecule has 1 radical (unpaired) electrons. The quantitative estimate of drug-likeness (QED) is 0.131. The summed E-state index contributed by atoms with van der Waals surface area (Å²) in [5.41, 5.74) is 10.7. The predicted octanol–water partition coefficient (Wildman–Crippen LogP) is 9.80. The fourth-order valence-corrected chi connectivity index (χ4v) is 7.17. The van der Waals surface area contributed by atoms with Crippen molar-refractivity contribution in [3.8, 4) is 28.3 Å². The molecule has 0 bridgehead atoms. The zero-order valence-corrected chi connectivity index (χ0v) is 31.3. The normalized spacial score (nSPS) is 11.4. The molecule has 0 fully saturated rings. The Morgan fingerprint density at radius 1 is 0.729 bits per heavy atom. The first-order valence-corrected chi connectivity index (χ1v) is 19.4. The van der Waals surface area contributed by atoms with E-state index in [-0.39, 0.29) is 20.1 Å². The van der Waals surface area contributed by atoms with E-state index < -0.39 is 8.07 Å². The third kappa shape index (κ3) is 6.17. The van der Waals surface area contributed by atoms with Crippen molar-refractivity contribution in [3.63, 3.8) is 0 Å². The maximum absolute atomic E-state index is 6.57. The fraction of sp³-hybridized carbons (Fsp3) is 0.146. The van der Waals surface area contributed by atoms with Crippen molar-refractivity contribution in [3.05, 3.63) is 138 Å². The van der Waals surface area contributed by atoms with Crippen molar-refractivity contribution in [2.24, 2.45) is 0 Å². The number of para-hydroxylation sites is 1. The van der Waals surface area contributed by atoms with Gasteiger partial charge < -0.3 is 14.0 Å². The van der Waals surface area contributed by atoms with E-state index in [9.17, 15) is 0 Å². The van der Waals surface area contributed by atoms with Gasteiger partial charge in [-0.2, -0.15) is 0 Å². The molecular formula is C41H36IrN4OSi-2. The minimum atomic E-state index is -1.46. The monoisotopic (exact) mass is 821 g/mol. The molecule has 4 aromatic carbocycles. The van der Waals surface area contributed by atoms with Gasteiger partial charge in [-0.05, 0) is 56.3 Å². The second-order valence-electron chi connectivity index (χ2n) is 12.9. The van der Waals surface area contributed by atoms with Gasteiger partial charge in [0, 0.05) is 43.1 Å². The van der Waals surface area contributed by atoms with Gasteiger partial charge in [0.05, 0.1) is 36.2 Å². The first kappa shape index (κ1) is 33.2. The van der Waals surface area contributed by atoms with Crippen LogP contribution in [-0.4, -0.2) is 27.6 Å². The number of nitrogens with zero attached hydrogens (tertiary/aromatic N) is 4. The largest absolute Gasteiger partial charge is 0.501 e. The molecule has 0 aliphatic heterocycles. The molecule has 5 nitrogen and oxygen atoms in total. The molecule has 0 unspecified atom stereocenters. The molecule has 0 amide bonds. The van der Waals surface area contributed by atoms with Crippen LogP contribution >= 0.6 is 0 Å². The number of hydrogen-bond acceptors (Lipinski definition) is 4. The van der Waals surface area contributed by atoms with Crippen LogP contribution in [0, 0.1) is 32.9 Å². The van der Waals surface area contributed by atoms with E-state index >= 15 is 0 Å². The van der Waals surface area contributed by atoms with E-state index in [0.29, 0.717) is 0 Å². The number of furan rings is 1. The Morgan fingerprint density at radius 2 is 1.50 bits per heavy atom. The number of aromatic nitrogens is 4. The van der Waals surface area contributed by atoms with Crippen molar-refractivity contribution in [1.82, 2.24) is 19.5 Å². The van der Waals surface area contributed by atoms with Crippen LogP contribution in [0.15, 0.2) is 114 Å². The maximum Gasteiger partial charge on any atom is 0.120 e. The van der Waals surface area contributed by atoms with Crippen molar-refractivity contribution < 1.29 is 24.5 Å². The molecule has 48 heavy (non-hydrogen) atoms. The summed E-state index contributed by atoms with van der Waals surface area (Å²) in [4.78, 5) is 14.2. The summed E-state index contributed by atoms with van der Waals surface area (Å²) in [6.45, 7) is 13.3. The van der Waals surface area contributed by atoms with Gasteiger partial charge in [0.15, 0.2) is 0 Å². The van der Waals surface area contributed by atoms with Crippen LogP contribution in [0.5, 0.6) is 0 Å². The third-order valence-electron chi connectivity index (χ3n) is 8.64. The van der Waals surface area contributed by atoms with Crippen molar-refractivity contribution >= 4 is 46.2 Å². The van der Waals surface area contributed by atoms with Crippen LogP contribution in [-0.2, 0) is 20.1 Å². The molecule has 0 N–H and O–H groups in total. The van der Waals surface area contributed by atoms with Crippen LogP contribution in [0.25, 0.3) is 61.3 Å². The molecule has 0 aliphatic carbocycles. The molecule has 0 atom stereocenters. The molecular weight excluding hydrogens is 785 g/mol. The van der Waals surface area contributed by atoms with Crippen LogP contribution < -0.4 is 5.19 Å². The van der Waals surface area contributed by atoms with E-state index in [1.165, 1.54) is 5.19 Å². The topological polar surface area (TPSA) is 56.7 Å². The minimum absolute atomic E-state index is 0. The molecule has 0 saturated heterocycles. The van der Waals surface area contributed by atoms with E-state index in [1.54, 1.807) is 6.20 Å². The zero-order chi connectivity index (χ0) is 32.7. The van der Waals surface area contributed by atoms with Crippen LogP contribution in [0.1, 0.15) is 17.0 Å². The van der Waals surface area contributed by atoms with Gasteiger partial charge in [0.2, 0.25) is 0 Å². The number of imidazole rings is 1. The number of pyridine rings is 2. The average Bonchev–Trinajstić information content (AvgIpc) is 3.68. The molecule has 8 aromatic rings. The summed E-state index contributed by atoms with van der Waals surface area (Å²) in [7, 11) is -1.46. The maximum atomic E-state index is 6.57. The second kappa shape index (κ2) is 13.4. The Labute approximate surface area is 296 Å². The number of rotatable bonds is 4. The summed E-state index contributed by atoms with van der Waals surface area (Å²) in [5, 5.41) is 3.61. The van der Waals surface area contributed by atoms with Crippen LogP contribution in [0.3, 0.4) is 0 Å². The molecule has 0 spiro atoms. The molecule has 4 heterocycles. The van der Waals surface area contributed by atoms with Gasteiger partial charge in [-0.3, -0.25) is 9.97 Å². The third-order valence-corrected chi connectivity index (χ3v) is 10.7. The van der Waals surface area contributed by atoms with Gasteiger partial charge in [-0.25, -0.2) is 0 Å². The molecule has 0 saturated carbocycles. The van der Waals surface area contributed by atoms with Gasteiger partial charge in [-0.1, -0.05) is 78.2 Å². The van der Waals surface area contributed by atoms with Gasteiger partial charge >= 0.3 is 0 Å². The number of benzene rings is 4. The molecule has 8 rings (SSSR count). The van der Waals surface area contributed by atoms with Gasteiger partial charge in [-0.15, -0.1) is 54.1 Å². The SMILES string of the molecule is Cc1nc(C)c2c(nc(-c3[c-]ccc4c3oc3cc([Si](C)(C)C)ccc34)n2-c2ccccc2)c1C.[Ir].[c-]1ccccc1-c1ccccn1. The summed E-state index contributed by atoms with van der Waals surface area (Å²) >= 11 is 0. The average molecular weight is 821 g/mol. The second-order valence-corrected chi connectivity index (χ2v) is 17.9. The molecule has 0 aliphatic rings. The van der Waals surface area contributed by atoms with Crippen molar-refractivity contribution in [2.75, 3.05) is 0 Å². The fourth-order valence-electron chi connectivity index (χ4n) is 6.02. The first-order chi connectivity index (χ1) is 22.7. The van der Waals surface area contributed by atoms with E-state index in [4.69, 9.17) is 14.4 Å². The summed E-state index contributed by atoms with van der Waals surface area (Å²) in [6, 6.07) is 41.4. The Bertz CT molecular complexity index is 2320. The zero-order valence-electron chi connectivity index (χ0n) is 27.9. The van der Waals surface area contributed by atoms with E-state index in [1.807, 2.05) is 61.5 Å². The van der Waals surface area contributed by atoms with Crippen LogP contribution in [0.4, 0.5) is 0 Å². The smallest absolute Gasteiger partial charge is 0.120 e.